The van der Waals surface area contributed by atoms with Crippen LogP contribution in [-0.4, -0.2) is 17.3 Å². The number of hydrogen-bond donors (Lipinski definition) is 1. The monoisotopic (exact) mass is 247 g/mol. The van der Waals surface area contributed by atoms with Crippen molar-refractivity contribution in [3.05, 3.63) is 29.6 Å². The first-order chi connectivity index (χ1) is 8.45. The summed E-state index contributed by atoms with van der Waals surface area (Å²) in [6.07, 6.45) is 0. The van der Waals surface area contributed by atoms with Crippen molar-refractivity contribution < 1.29 is 9.26 Å². The van der Waals surface area contributed by atoms with Crippen molar-refractivity contribution >= 4 is 5.69 Å². The van der Waals surface area contributed by atoms with Crippen molar-refractivity contribution in [1.82, 2.24) is 10.1 Å². The van der Waals surface area contributed by atoms with Gasteiger partial charge in [0.15, 0.2) is 0 Å². The highest BCUT2D eigenvalue weighted by molar-refractivity contribution is 5.66. The van der Waals surface area contributed by atoms with Gasteiger partial charge in [-0.05, 0) is 38.5 Å². The van der Waals surface area contributed by atoms with E-state index >= 15 is 0 Å². The lowest BCUT2D eigenvalue weighted by Crippen LogP contribution is -2.21. The van der Waals surface area contributed by atoms with Gasteiger partial charge in [-0.2, -0.15) is 4.98 Å². The van der Waals surface area contributed by atoms with Crippen LogP contribution in [0.4, 0.5) is 5.69 Å². The predicted octanol–water partition coefficient (Wildman–Crippen LogP) is 2.51. The van der Waals surface area contributed by atoms with E-state index in [1.165, 1.54) is 0 Å². The van der Waals surface area contributed by atoms with E-state index < -0.39 is 5.60 Å². The highest BCUT2D eigenvalue weighted by Gasteiger charge is 2.26. The van der Waals surface area contributed by atoms with Crippen LogP contribution in [0.25, 0.3) is 11.5 Å². The molecule has 0 aliphatic carbocycles. The summed E-state index contributed by atoms with van der Waals surface area (Å²) in [5.74, 6) is 0.974. The molecule has 1 aromatic heterocycles. The van der Waals surface area contributed by atoms with Gasteiger partial charge < -0.3 is 15.0 Å². The smallest absolute Gasteiger partial charge is 0.258 e. The topological polar surface area (TPSA) is 74.2 Å². The van der Waals surface area contributed by atoms with Gasteiger partial charge in [-0.3, -0.25) is 0 Å². The van der Waals surface area contributed by atoms with Gasteiger partial charge in [-0.1, -0.05) is 11.2 Å². The van der Waals surface area contributed by atoms with E-state index in [0.717, 1.165) is 11.1 Å². The van der Waals surface area contributed by atoms with E-state index in [-0.39, 0.29) is 0 Å². The molecule has 0 saturated carbocycles. The fraction of sp³-hybridized carbons (Fsp3) is 0.385. The molecule has 0 aliphatic rings. The minimum absolute atomic E-state index is 0.458. The zero-order chi connectivity index (χ0) is 13.3. The van der Waals surface area contributed by atoms with Crippen molar-refractivity contribution in [1.29, 1.82) is 0 Å². The zero-order valence-corrected chi connectivity index (χ0v) is 11.0. The van der Waals surface area contributed by atoms with Gasteiger partial charge in [0.2, 0.25) is 5.82 Å². The predicted molar refractivity (Wildman–Crippen MR) is 68.9 cm³/mol. The summed E-state index contributed by atoms with van der Waals surface area (Å²) in [5, 5.41) is 3.95. The molecule has 1 heterocycles. The lowest BCUT2D eigenvalue weighted by atomic mass is 10.1. The van der Waals surface area contributed by atoms with Crippen LogP contribution in [-0.2, 0) is 10.3 Å². The maximum atomic E-state index is 5.86. The number of nitrogens with two attached hydrogens (primary N) is 1. The molecule has 5 nitrogen and oxygen atoms in total. The molecule has 0 aliphatic heterocycles. The van der Waals surface area contributed by atoms with Crippen molar-refractivity contribution in [2.45, 2.75) is 26.4 Å². The van der Waals surface area contributed by atoms with Gasteiger partial charge >= 0.3 is 0 Å². The number of rotatable bonds is 3. The molecule has 0 atom stereocenters. The molecule has 0 spiro atoms. The van der Waals surface area contributed by atoms with Gasteiger partial charge in [0.25, 0.3) is 5.89 Å². The van der Waals surface area contributed by atoms with Crippen LogP contribution in [0.15, 0.2) is 22.7 Å². The maximum Gasteiger partial charge on any atom is 0.258 e. The summed E-state index contributed by atoms with van der Waals surface area (Å²) < 4.78 is 10.6. The largest absolute Gasteiger partial charge is 0.398 e. The Hall–Kier alpha value is -1.88. The van der Waals surface area contributed by atoms with E-state index in [1.807, 2.05) is 39.0 Å². The van der Waals surface area contributed by atoms with Crippen LogP contribution in [0.2, 0.25) is 0 Å². The number of methoxy groups -OCH3 is 1. The van der Waals surface area contributed by atoms with Crippen molar-refractivity contribution in [3.63, 3.8) is 0 Å². The minimum atomic E-state index is -0.573. The highest BCUT2D eigenvalue weighted by Crippen LogP contribution is 2.28. The number of nitrogen functional groups attached to an aromatic ring is 1. The van der Waals surface area contributed by atoms with E-state index in [4.69, 9.17) is 15.0 Å². The standard InChI is InChI=1S/C13H17N3O2/c1-8-9(6-5-7-10(8)14)11-15-12(16-18-11)13(2,3)17-4/h5-7H,14H2,1-4H3. The molecule has 0 unspecified atom stereocenters. The maximum absolute atomic E-state index is 5.86. The number of benzene rings is 1. The van der Waals surface area contributed by atoms with Crippen LogP contribution in [0, 0.1) is 6.92 Å². The average Bonchev–Trinajstić information content (AvgIpc) is 2.82. The Morgan fingerprint density at radius 1 is 1.33 bits per heavy atom. The van der Waals surface area contributed by atoms with Gasteiger partial charge in [-0.15, -0.1) is 0 Å². The second kappa shape index (κ2) is 4.42. The third-order valence-corrected chi connectivity index (χ3v) is 3.08. The second-order valence-corrected chi connectivity index (χ2v) is 4.66. The van der Waals surface area contributed by atoms with Crippen molar-refractivity contribution in [2.75, 3.05) is 12.8 Å². The number of aromatic nitrogens is 2. The Kier molecular flexibility index (Phi) is 3.09. The van der Waals surface area contributed by atoms with Gasteiger partial charge in [0, 0.05) is 18.4 Å². The molecular weight excluding hydrogens is 230 g/mol. The minimum Gasteiger partial charge on any atom is -0.398 e. The molecule has 0 radical (unpaired) electrons. The molecule has 2 rings (SSSR count). The molecule has 2 aromatic rings. The Balaban J connectivity index is 2.45. The number of anilines is 1. The third-order valence-electron chi connectivity index (χ3n) is 3.08. The van der Waals surface area contributed by atoms with E-state index in [9.17, 15) is 0 Å². The highest BCUT2D eigenvalue weighted by atomic mass is 16.5. The Morgan fingerprint density at radius 3 is 2.72 bits per heavy atom. The molecule has 1 aromatic carbocycles. The first-order valence-corrected chi connectivity index (χ1v) is 5.70. The fourth-order valence-electron chi connectivity index (χ4n) is 1.55. The van der Waals surface area contributed by atoms with E-state index in [2.05, 4.69) is 10.1 Å². The summed E-state index contributed by atoms with van der Waals surface area (Å²) in [4.78, 5) is 4.37. The summed E-state index contributed by atoms with van der Waals surface area (Å²) >= 11 is 0. The van der Waals surface area contributed by atoms with E-state index in [1.54, 1.807) is 7.11 Å². The average molecular weight is 247 g/mol. The SMILES string of the molecule is COC(C)(C)c1noc(-c2cccc(N)c2C)n1. The molecule has 2 N–H and O–H groups in total. The summed E-state index contributed by atoms with van der Waals surface area (Å²) in [6, 6.07) is 5.61. The molecule has 5 heteroatoms. The first kappa shape index (κ1) is 12.6. The molecule has 0 amide bonds. The molecule has 96 valence electrons. The summed E-state index contributed by atoms with van der Waals surface area (Å²) in [5.41, 5.74) is 7.78. The van der Waals surface area contributed by atoms with Crippen LogP contribution < -0.4 is 5.73 Å². The van der Waals surface area contributed by atoms with Gasteiger partial charge in [-0.25, -0.2) is 0 Å². The molecule has 0 bridgehead atoms. The Bertz CT molecular complexity index is 561. The van der Waals surface area contributed by atoms with E-state index in [0.29, 0.717) is 17.4 Å². The van der Waals surface area contributed by atoms with Crippen LogP contribution >= 0.6 is 0 Å². The quantitative estimate of drug-likeness (QED) is 0.843. The Labute approximate surface area is 106 Å². The molecule has 18 heavy (non-hydrogen) atoms. The van der Waals surface area contributed by atoms with Crippen molar-refractivity contribution in [3.8, 4) is 11.5 Å². The normalized spacial score (nSPS) is 11.8. The lowest BCUT2D eigenvalue weighted by molar-refractivity contribution is 0.00973. The number of ether oxygens (including phenoxy) is 1. The van der Waals surface area contributed by atoms with Crippen LogP contribution in [0.3, 0.4) is 0 Å². The zero-order valence-electron chi connectivity index (χ0n) is 11.0. The molecule has 0 saturated heterocycles. The Morgan fingerprint density at radius 2 is 2.06 bits per heavy atom. The molecule has 0 fully saturated rings. The number of nitrogens with zero attached hydrogens (tertiary/aromatic N) is 2. The summed E-state index contributed by atoms with van der Waals surface area (Å²) in [6.45, 7) is 5.69. The van der Waals surface area contributed by atoms with Crippen molar-refractivity contribution in [2.24, 2.45) is 0 Å². The van der Waals surface area contributed by atoms with Gasteiger partial charge in [0.1, 0.15) is 5.60 Å². The number of hydrogen-bond acceptors (Lipinski definition) is 5. The fourth-order valence-corrected chi connectivity index (χ4v) is 1.55. The van der Waals surface area contributed by atoms with Crippen LogP contribution in [0.1, 0.15) is 25.2 Å². The molecular formula is C13H17N3O2. The third kappa shape index (κ3) is 2.09. The second-order valence-electron chi connectivity index (χ2n) is 4.66. The lowest BCUT2D eigenvalue weighted by Gasteiger charge is -2.17. The first-order valence-electron chi connectivity index (χ1n) is 5.70. The van der Waals surface area contributed by atoms with Gasteiger partial charge in [0.05, 0.1) is 0 Å². The summed E-state index contributed by atoms with van der Waals surface area (Å²) in [7, 11) is 1.61. The van der Waals surface area contributed by atoms with Crippen LogP contribution in [0.5, 0.6) is 0 Å².